The maximum atomic E-state index is 12.3. The molecule has 22 heavy (non-hydrogen) atoms. The summed E-state index contributed by atoms with van der Waals surface area (Å²) >= 11 is 0. The number of aromatic nitrogens is 1. The molecule has 1 aliphatic heterocycles. The molecule has 7 nitrogen and oxygen atoms in total. The molecule has 0 radical (unpaired) electrons. The van der Waals surface area contributed by atoms with E-state index in [9.17, 15) is 14.4 Å². The third-order valence-electron chi connectivity index (χ3n) is 3.94. The molecule has 2 heterocycles. The number of carboxylic acids is 1. The molecule has 3 atom stereocenters. The standard InChI is InChI=1S/C15H21N3O4/c1-9-5-12(14(20)21)8-18(7-9)15(22)17-10(2)11-3-4-16-13(19)6-11/h3-4,6,9-10,12H,5,7-8H2,1-2H3,(H,16,19)(H,17,22)(H,20,21). The van der Waals surface area contributed by atoms with Crippen molar-refractivity contribution in [2.24, 2.45) is 11.8 Å². The summed E-state index contributed by atoms with van der Waals surface area (Å²) in [4.78, 5) is 38.8. The van der Waals surface area contributed by atoms with Crippen molar-refractivity contribution in [3.63, 3.8) is 0 Å². The lowest BCUT2D eigenvalue weighted by Gasteiger charge is -2.35. The lowest BCUT2D eigenvalue weighted by molar-refractivity contribution is -0.143. The molecule has 7 heteroatoms. The topological polar surface area (TPSA) is 102 Å². The van der Waals surface area contributed by atoms with Gasteiger partial charge in [0, 0.05) is 25.4 Å². The van der Waals surface area contributed by atoms with Gasteiger partial charge in [0.15, 0.2) is 0 Å². The van der Waals surface area contributed by atoms with Gasteiger partial charge in [-0.25, -0.2) is 4.79 Å². The van der Waals surface area contributed by atoms with Crippen molar-refractivity contribution in [3.05, 3.63) is 34.2 Å². The maximum absolute atomic E-state index is 12.3. The number of rotatable bonds is 3. The quantitative estimate of drug-likeness (QED) is 0.780. The molecule has 3 unspecified atom stereocenters. The summed E-state index contributed by atoms with van der Waals surface area (Å²) in [5.74, 6) is -1.24. The van der Waals surface area contributed by atoms with Crippen LogP contribution in [0.5, 0.6) is 0 Å². The number of piperidine rings is 1. The molecular formula is C15H21N3O4. The van der Waals surface area contributed by atoms with Crippen LogP contribution in [0.15, 0.2) is 23.1 Å². The van der Waals surface area contributed by atoms with Gasteiger partial charge in [-0.1, -0.05) is 6.92 Å². The summed E-state index contributed by atoms with van der Waals surface area (Å²) in [6.07, 6.45) is 2.12. The Labute approximate surface area is 128 Å². The Morgan fingerprint density at radius 2 is 2.18 bits per heavy atom. The second kappa shape index (κ2) is 6.64. The van der Waals surface area contributed by atoms with Gasteiger partial charge in [0.2, 0.25) is 5.56 Å². The molecular weight excluding hydrogens is 286 g/mol. The minimum absolute atomic E-state index is 0.149. The lowest BCUT2D eigenvalue weighted by atomic mass is 9.91. The Kier molecular flexibility index (Phi) is 4.85. The first-order valence-corrected chi connectivity index (χ1v) is 7.33. The SMILES string of the molecule is CC1CC(C(=O)O)CN(C(=O)NC(C)c2cc[nH]c(=O)c2)C1. The van der Waals surface area contributed by atoms with Crippen LogP contribution in [0, 0.1) is 11.8 Å². The van der Waals surface area contributed by atoms with E-state index in [1.807, 2.05) is 6.92 Å². The molecule has 2 amide bonds. The third kappa shape index (κ3) is 3.87. The zero-order valence-electron chi connectivity index (χ0n) is 12.7. The molecule has 0 aromatic carbocycles. The van der Waals surface area contributed by atoms with E-state index in [1.165, 1.54) is 17.2 Å². The number of H-pyrrole nitrogens is 1. The van der Waals surface area contributed by atoms with Gasteiger partial charge in [-0.05, 0) is 30.9 Å². The number of hydrogen-bond acceptors (Lipinski definition) is 3. The van der Waals surface area contributed by atoms with Crippen LogP contribution in [0.1, 0.15) is 31.9 Å². The summed E-state index contributed by atoms with van der Waals surface area (Å²) in [6, 6.07) is 2.54. The second-order valence-corrected chi connectivity index (χ2v) is 5.94. The highest BCUT2D eigenvalue weighted by Gasteiger charge is 2.32. The first-order valence-electron chi connectivity index (χ1n) is 7.33. The summed E-state index contributed by atoms with van der Waals surface area (Å²) in [7, 11) is 0. The summed E-state index contributed by atoms with van der Waals surface area (Å²) in [6.45, 7) is 4.48. The van der Waals surface area contributed by atoms with Gasteiger partial charge in [-0.2, -0.15) is 0 Å². The molecule has 120 valence electrons. The van der Waals surface area contributed by atoms with E-state index in [2.05, 4.69) is 10.3 Å². The molecule has 1 aromatic heterocycles. The molecule has 1 aliphatic rings. The van der Waals surface area contributed by atoms with E-state index in [0.717, 1.165) is 0 Å². The van der Waals surface area contributed by atoms with Gasteiger partial charge in [0.05, 0.1) is 12.0 Å². The first-order chi connectivity index (χ1) is 10.4. The van der Waals surface area contributed by atoms with Crippen molar-refractivity contribution in [2.75, 3.05) is 13.1 Å². The average molecular weight is 307 g/mol. The van der Waals surface area contributed by atoms with Crippen molar-refractivity contribution >= 4 is 12.0 Å². The molecule has 1 aromatic rings. The molecule has 1 fully saturated rings. The number of nitrogens with one attached hydrogen (secondary N) is 2. The summed E-state index contributed by atoms with van der Waals surface area (Å²) < 4.78 is 0. The minimum atomic E-state index is -0.869. The highest BCUT2D eigenvalue weighted by Crippen LogP contribution is 2.22. The number of hydrogen-bond donors (Lipinski definition) is 3. The smallest absolute Gasteiger partial charge is 0.317 e. The number of aromatic amines is 1. The zero-order valence-corrected chi connectivity index (χ0v) is 12.7. The van der Waals surface area contributed by atoms with Crippen molar-refractivity contribution in [1.82, 2.24) is 15.2 Å². The zero-order chi connectivity index (χ0) is 16.3. The van der Waals surface area contributed by atoms with Crippen LogP contribution >= 0.6 is 0 Å². The van der Waals surface area contributed by atoms with Crippen LogP contribution in [-0.4, -0.2) is 40.1 Å². The summed E-state index contributed by atoms with van der Waals surface area (Å²) in [5.41, 5.74) is 0.480. The van der Waals surface area contributed by atoms with Gasteiger partial charge in [0.1, 0.15) is 0 Å². The number of nitrogens with zero attached hydrogens (tertiary/aromatic N) is 1. The number of carboxylic acid groups (broad SMARTS) is 1. The average Bonchev–Trinajstić information content (AvgIpc) is 2.46. The molecule has 0 aliphatic carbocycles. The predicted molar refractivity (Wildman–Crippen MR) is 80.5 cm³/mol. The Hall–Kier alpha value is -2.31. The van der Waals surface area contributed by atoms with Crippen LogP contribution in [-0.2, 0) is 4.79 Å². The van der Waals surface area contributed by atoms with E-state index in [-0.39, 0.29) is 30.1 Å². The van der Waals surface area contributed by atoms with Crippen molar-refractivity contribution in [2.45, 2.75) is 26.3 Å². The molecule has 1 saturated heterocycles. The van der Waals surface area contributed by atoms with E-state index in [0.29, 0.717) is 18.5 Å². The van der Waals surface area contributed by atoms with E-state index < -0.39 is 11.9 Å². The van der Waals surface area contributed by atoms with Crippen molar-refractivity contribution < 1.29 is 14.7 Å². The highest BCUT2D eigenvalue weighted by molar-refractivity contribution is 5.77. The van der Waals surface area contributed by atoms with E-state index in [1.54, 1.807) is 13.0 Å². The van der Waals surface area contributed by atoms with Gasteiger partial charge >= 0.3 is 12.0 Å². The molecule has 3 N–H and O–H groups in total. The molecule has 0 spiro atoms. The molecule has 0 saturated carbocycles. The van der Waals surface area contributed by atoms with Crippen LogP contribution in [0.4, 0.5) is 4.79 Å². The number of carbonyl (C=O) groups excluding carboxylic acids is 1. The van der Waals surface area contributed by atoms with Crippen LogP contribution in [0.25, 0.3) is 0 Å². The monoisotopic (exact) mass is 307 g/mol. The number of pyridine rings is 1. The fourth-order valence-electron chi connectivity index (χ4n) is 2.79. The molecule has 2 rings (SSSR count). The normalized spacial score (nSPS) is 22.9. The first kappa shape index (κ1) is 16.1. The minimum Gasteiger partial charge on any atom is -0.481 e. The molecule has 0 bridgehead atoms. The largest absolute Gasteiger partial charge is 0.481 e. The van der Waals surface area contributed by atoms with Gasteiger partial charge < -0.3 is 20.3 Å². The van der Waals surface area contributed by atoms with Crippen molar-refractivity contribution in [1.29, 1.82) is 0 Å². The second-order valence-electron chi connectivity index (χ2n) is 5.94. The number of amides is 2. The number of urea groups is 1. The highest BCUT2D eigenvalue weighted by atomic mass is 16.4. The van der Waals surface area contributed by atoms with Crippen LogP contribution < -0.4 is 10.9 Å². The third-order valence-corrected chi connectivity index (χ3v) is 3.94. The van der Waals surface area contributed by atoms with E-state index in [4.69, 9.17) is 5.11 Å². The van der Waals surface area contributed by atoms with Gasteiger partial charge in [-0.3, -0.25) is 9.59 Å². The Bertz CT molecular complexity index is 613. The fraction of sp³-hybridized carbons (Fsp3) is 0.533. The lowest BCUT2D eigenvalue weighted by Crippen LogP contribution is -2.49. The van der Waals surface area contributed by atoms with Crippen LogP contribution in [0.3, 0.4) is 0 Å². The Morgan fingerprint density at radius 1 is 1.45 bits per heavy atom. The predicted octanol–water partition coefficient (Wildman–Crippen LogP) is 1.19. The number of aliphatic carboxylic acids is 1. The number of likely N-dealkylation sites (tertiary alicyclic amines) is 1. The number of carbonyl (C=O) groups is 2. The van der Waals surface area contributed by atoms with Crippen molar-refractivity contribution in [3.8, 4) is 0 Å². The Morgan fingerprint density at radius 3 is 2.82 bits per heavy atom. The fourth-order valence-corrected chi connectivity index (χ4v) is 2.79. The van der Waals surface area contributed by atoms with E-state index >= 15 is 0 Å². The van der Waals surface area contributed by atoms with Gasteiger partial charge in [-0.15, -0.1) is 0 Å². The Balaban J connectivity index is 2.02. The maximum Gasteiger partial charge on any atom is 0.317 e. The van der Waals surface area contributed by atoms with Gasteiger partial charge in [0.25, 0.3) is 0 Å². The van der Waals surface area contributed by atoms with Crippen LogP contribution in [0.2, 0.25) is 0 Å². The summed E-state index contributed by atoms with van der Waals surface area (Å²) in [5, 5.41) is 12.0.